The Morgan fingerprint density at radius 2 is 1.77 bits per heavy atom. The molecule has 0 amide bonds. The smallest absolute Gasteiger partial charge is 0.241 e. The van der Waals surface area contributed by atoms with Crippen LogP contribution in [0.3, 0.4) is 0 Å². The minimum atomic E-state index is -3.79. The van der Waals surface area contributed by atoms with Gasteiger partial charge in [-0.25, -0.2) is 18.1 Å². The Morgan fingerprint density at radius 3 is 2.37 bits per heavy atom. The number of hydrogen-bond donors (Lipinski definition) is 1. The Morgan fingerprint density at radius 1 is 1.03 bits per heavy atom. The van der Waals surface area contributed by atoms with Crippen molar-refractivity contribution in [3.05, 3.63) is 82.5 Å². The Balaban J connectivity index is 1.80. The van der Waals surface area contributed by atoms with Crippen LogP contribution in [-0.4, -0.2) is 38.9 Å². The average molecular weight is 466 g/mol. The van der Waals surface area contributed by atoms with Gasteiger partial charge in [-0.05, 0) is 62.1 Å². The highest BCUT2D eigenvalue weighted by atomic mass is 35.5. The first-order valence-corrected chi connectivity index (χ1v) is 11.3. The van der Waals surface area contributed by atoms with Gasteiger partial charge in [0.05, 0.1) is 21.0 Å². The van der Waals surface area contributed by atoms with Crippen LogP contribution in [0.4, 0.5) is 0 Å². The topological polar surface area (TPSA) is 71.5 Å². The van der Waals surface area contributed by atoms with Crippen molar-refractivity contribution in [2.45, 2.75) is 10.9 Å². The summed E-state index contributed by atoms with van der Waals surface area (Å²) < 4.78 is 34.3. The Hall–Kier alpha value is -2.16. The van der Waals surface area contributed by atoms with Crippen molar-refractivity contribution in [1.29, 1.82) is 0 Å². The molecule has 0 aliphatic heterocycles. The highest BCUT2D eigenvalue weighted by Gasteiger charge is 2.23. The standard InChI is InChI=1S/C21H21Cl2N3O3S/c1-26(2)14-20(15-6-11-18(22)19(23)13-15)25-30(27,28)17-9-7-16(8-10-17)29-21-5-3-4-12-24-21/h3-13,20,25H,14H2,1-2H3/t20-/m1/s1. The fourth-order valence-electron chi connectivity index (χ4n) is 2.78. The number of nitrogens with one attached hydrogen (secondary N) is 1. The number of sulfonamides is 1. The molecule has 0 radical (unpaired) electrons. The summed E-state index contributed by atoms with van der Waals surface area (Å²) >= 11 is 12.1. The molecule has 6 nitrogen and oxygen atoms in total. The predicted octanol–water partition coefficient (Wildman–Crippen LogP) is 4.76. The fraction of sp³-hybridized carbons (Fsp3) is 0.190. The van der Waals surface area contributed by atoms with Crippen LogP contribution in [0.2, 0.25) is 10.0 Å². The first kappa shape index (κ1) is 22.5. The minimum Gasteiger partial charge on any atom is -0.439 e. The molecule has 1 N–H and O–H groups in total. The molecule has 0 fully saturated rings. The van der Waals surface area contributed by atoms with E-state index in [2.05, 4.69) is 9.71 Å². The third kappa shape index (κ3) is 5.93. The summed E-state index contributed by atoms with van der Waals surface area (Å²) in [5.41, 5.74) is 0.719. The molecule has 3 rings (SSSR count). The van der Waals surface area contributed by atoms with Crippen LogP contribution in [0.25, 0.3) is 0 Å². The van der Waals surface area contributed by atoms with Gasteiger partial charge < -0.3 is 9.64 Å². The molecular weight excluding hydrogens is 445 g/mol. The van der Waals surface area contributed by atoms with Crippen molar-refractivity contribution in [2.75, 3.05) is 20.6 Å². The number of ether oxygens (including phenoxy) is 1. The molecule has 0 bridgehead atoms. The third-order valence-electron chi connectivity index (χ3n) is 4.19. The number of pyridine rings is 1. The lowest BCUT2D eigenvalue weighted by Crippen LogP contribution is -2.35. The van der Waals surface area contributed by atoms with Gasteiger partial charge in [-0.1, -0.05) is 35.3 Å². The van der Waals surface area contributed by atoms with E-state index in [0.717, 1.165) is 5.56 Å². The van der Waals surface area contributed by atoms with E-state index in [0.29, 0.717) is 28.2 Å². The van der Waals surface area contributed by atoms with Crippen molar-refractivity contribution in [3.8, 4) is 11.6 Å². The molecule has 0 aliphatic rings. The van der Waals surface area contributed by atoms with Crippen molar-refractivity contribution in [1.82, 2.24) is 14.6 Å². The van der Waals surface area contributed by atoms with E-state index in [1.807, 2.05) is 19.0 Å². The lowest BCUT2D eigenvalue weighted by molar-refractivity contribution is 0.363. The summed E-state index contributed by atoms with van der Waals surface area (Å²) in [4.78, 5) is 6.09. The van der Waals surface area contributed by atoms with Crippen molar-refractivity contribution >= 4 is 33.2 Å². The average Bonchev–Trinajstić information content (AvgIpc) is 2.70. The summed E-state index contributed by atoms with van der Waals surface area (Å²) in [7, 11) is -0.0624. The fourth-order valence-corrected chi connectivity index (χ4v) is 4.30. The number of likely N-dealkylation sites (N-methyl/N-ethyl adjacent to an activating group) is 1. The van der Waals surface area contributed by atoms with Crippen LogP contribution in [0.5, 0.6) is 11.6 Å². The van der Waals surface area contributed by atoms with E-state index in [-0.39, 0.29) is 4.90 Å². The maximum absolute atomic E-state index is 13.0. The van der Waals surface area contributed by atoms with Gasteiger partial charge in [0.1, 0.15) is 5.75 Å². The maximum Gasteiger partial charge on any atom is 0.241 e. The van der Waals surface area contributed by atoms with E-state index in [1.54, 1.807) is 54.7 Å². The molecule has 158 valence electrons. The summed E-state index contributed by atoms with van der Waals surface area (Å²) in [6.07, 6.45) is 1.62. The van der Waals surface area contributed by atoms with Crippen LogP contribution in [0.15, 0.2) is 71.8 Å². The van der Waals surface area contributed by atoms with Crippen LogP contribution < -0.4 is 9.46 Å². The number of rotatable bonds is 8. The number of nitrogens with zero attached hydrogens (tertiary/aromatic N) is 2. The van der Waals surface area contributed by atoms with E-state index < -0.39 is 16.1 Å². The molecular formula is C21H21Cl2N3O3S. The summed E-state index contributed by atoms with van der Waals surface area (Å²) in [6.45, 7) is 0.443. The predicted molar refractivity (Wildman–Crippen MR) is 119 cm³/mol. The third-order valence-corrected chi connectivity index (χ3v) is 6.41. The van der Waals surface area contributed by atoms with Crippen LogP contribution in [0, 0.1) is 0 Å². The van der Waals surface area contributed by atoms with Gasteiger partial charge in [0, 0.05) is 18.8 Å². The van der Waals surface area contributed by atoms with E-state index in [1.165, 1.54) is 12.1 Å². The van der Waals surface area contributed by atoms with Crippen molar-refractivity contribution in [3.63, 3.8) is 0 Å². The molecule has 0 saturated heterocycles. The van der Waals surface area contributed by atoms with Crippen molar-refractivity contribution in [2.24, 2.45) is 0 Å². The quantitative estimate of drug-likeness (QED) is 0.518. The van der Waals surface area contributed by atoms with E-state index in [9.17, 15) is 8.42 Å². The molecule has 1 aromatic heterocycles. The number of hydrogen-bond acceptors (Lipinski definition) is 5. The van der Waals surface area contributed by atoms with E-state index >= 15 is 0 Å². The molecule has 0 saturated carbocycles. The van der Waals surface area contributed by atoms with Gasteiger partial charge in [0.25, 0.3) is 0 Å². The second-order valence-electron chi connectivity index (χ2n) is 6.85. The minimum absolute atomic E-state index is 0.125. The molecule has 9 heteroatoms. The van der Waals surface area contributed by atoms with Gasteiger partial charge in [0.2, 0.25) is 15.9 Å². The number of benzene rings is 2. The van der Waals surface area contributed by atoms with Crippen LogP contribution >= 0.6 is 23.2 Å². The van der Waals surface area contributed by atoms with Crippen molar-refractivity contribution < 1.29 is 13.2 Å². The molecule has 3 aromatic rings. The zero-order chi connectivity index (χ0) is 21.7. The van der Waals surface area contributed by atoms with Gasteiger partial charge in [-0.3, -0.25) is 0 Å². The van der Waals surface area contributed by atoms with Gasteiger partial charge in [0.15, 0.2) is 0 Å². The zero-order valence-electron chi connectivity index (χ0n) is 16.4. The maximum atomic E-state index is 13.0. The molecule has 2 aromatic carbocycles. The lowest BCUT2D eigenvalue weighted by atomic mass is 10.1. The van der Waals surface area contributed by atoms with E-state index in [4.69, 9.17) is 27.9 Å². The van der Waals surface area contributed by atoms with Crippen LogP contribution in [0.1, 0.15) is 11.6 Å². The first-order valence-electron chi connectivity index (χ1n) is 9.05. The lowest BCUT2D eigenvalue weighted by Gasteiger charge is -2.23. The summed E-state index contributed by atoms with van der Waals surface area (Å²) in [5, 5.41) is 0.781. The zero-order valence-corrected chi connectivity index (χ0v) is 18.7. The highest BCUT2D eigenvalue weighted by Crippen LogP contribution is 2.27. The second kappa shape index (κ2) is 9.76. The summed E-state index contributed by atoms with van der Waals surface area (Å²) in [5.74, 6) is 0.916. The largest absolute Gasteiger partial charge is 0.439 e. The molecule has 1 atom stereocenters. The molecule has 30 heavy (non-hydrogen) atoms. The number of aromatic nitrogens is 1. The Kier molecular flexibility index (Phi) is 7.33. The van der Waals surface area contributed by atoms with Gasteiger partial charge in [-0.15, -0.1) is 0 Å². The van der Waals surface area contributed by atoms with Crippen LogP contribution in [-0.2, 0) is 10.0 Å². The highest BCUT2D eigenvalue weighted by molar-refractivity contribution is 7.89. The molecule has 0 unspecified atom stereocenters. The molecule has 0 spiro atoms. The Bertz CT molecular complexity index is 1090. The number of halogens is 2. The second-order valence-corrected chi connectivity index (χ2v) is 9.38. The normalized spacial score (nSPS) is 12.7. The molecule has 1 heterocycles. The van der Waals surface area contributed by atoms with Gasteiger partial charge >= 0.3 is 0 Å². The monoisotopic (exact) mass is 465 g/mol. The summed E-state index contributed by atoms with van der Waals surface area (Å²) in [6, 6.07) is 16.0. The molecule has 0 aliphatic carbocycles. The Labute approximate surface area is 186 Å². The first-order chi connectivity index (χ1) is 14.2. The van der Waals surface area contributed by atoms with Gasteiger partial charge in [-0.2, -0.15) is 0 Å². The SMILES string of the molecule is CN(C)C[C@@H](NS(=O)(=O)c1ccc(Oc2ccccn2)cc1)c1ccc(Cl)c(Cl)c1.